The first-order valence-corrected chi connectivity index (χ1v) is 18.8. The van der Waals surface area contributed by atoms with Crippen LogP contribution < -0.4 is 0 Å². The van der Waals surface area contributed by atoms with Crippen molar-refractivity contribution in [3.63, 3.8) is 0 Å². The molecule has 0 saturated heterocycles. The van der Waals surface area contributed by atoms with Gasteiger partial charge in [0.2, 0.25) is 0 Å². The molecule has 5 nitrogen and oxygen atoms in total. The van der Waals surface area contributed by atoms with Crippen LogP contribution in [0.4, 0.5) is 0 Å². The number of furan rings is 2. The van der Waals surface area contributed by atoms with E-state index in [1.807, 2.05) is 60.7 Å². The SMILES string of the molecule is c1ccc(-c2nc(-c3ccc4oc5ccccc5c4c3)nc(-c3cccc4c(-c5ccc6oc7ccc8ccc9ccccc9c8c7c6c5)cccc34)n2)cc1. The fraction of sp³-hybridized carbons (Fsp3) is 0. The molecule has 3 aromatic heterocycles. The first-order chi connectivity index (χ1) is 27.7. The fourth-order valence-electron chi connectivity index (χ4n) is 8.49. The van der Waals surface area contributed by atoms with Gasteiger partial charge in [0, 0.05) is 43.6 Å². The Labute approximate surface area is 320 Å². The zero-order valence-electron chi connectivity index (χ0n) is 29.9. The summed E-state index contributed by atoms with van der Waals surface area (Å²) in [4.78, 5) is 15.3. The van der Waals surface area contributed by atoms with E-state index in [1.165, 1.54) is 21.5 Å². The van der Waals surface area contributed by atoms with Crippen molar-refractivity contribution in [2.75, 3.05) is 0 Å². The number of hydrogen-bond donors (Lipinski definition) is 0. The molecule has 0 N–H and O–H groups in total. The van der Waals surface area contributed by atoms with Crippen LogP contribution >= 0.6 is 0 Å². The Morgan fingerprint density at radius 2 is 0.857 bits per heavy atom. The van der Waals surface area contributed by atoms with E-state index in [4.69, 9.17) is 23.8 Å². The maximum atomic E-state index is 6.47. The van der Waals surface area contributed by atoms with Crippen LogP contribution in [-0.2, 0) is 0 Å². The number of nitrogens with zero attached hydrogens (tertiary/aromatic N) is 3. The van der Waals surface area contributed by atoms with Crippen molar-refractivity contribution >= 4 is 76.2 Å². The van der Waals surface area contributed by atoms with Crippen molar-refractivity contribution in [1.29, 1.82) is 0 Å². The average molecular weight is 716 g/mol. The third kappa shape index (κ3) is 4.71. The molecule has 0 aliphatic heterocycles. The molecule has 0 fully saturated rings. The Hall–Kier alpha value is -7.63. The maximum absolute atomic E-state index is 6.47. The molecule has 5 heteroatoms. The standard InChI is InChI=1S/C51H29N3O2/c1-2-11-32(12-3-1)49-52-50(34-24-26-44-41(29-34)39-14-6-7-19-43(39)55-44)54-51(53-49)40-18-9-16-37-35(15-8-17-38(37)40)33-23-25-45-42(28-33)48-46(56-45)27-22-31-21-20-30-10-4-5-13-36(30)47(31)48/h1-29H. The first-order valence-electron chi connectivity index (χ1n) is 18.8. The van der Waals surface area contributed by atoms with Gasteiger partial charge in [0.1, 0.15) is 22.3 Å². The van der Waals surface area contributed by atoms with Crippen LogP contribution in [-0.4, -0.2) is 15.0 Å². The Morgan fingerprint density at radius 3 is 1.73 bits per heavy atom. The van der Waals surface area contributed by atoms with Crippen molar-refractivity contribution in [1.82, 2.24) is 15.0 Å². The predicted molar refractivity (Wildman–Crippen MR) is 229 cm³/mol. The minimum absolute atomic E-state index is 0.603. The van der Waals surface area contributed by atoms with Gasteiger partial charge in [0.25, 0.3) is 0 Å². The molecule has 0 saturated carbocycles. The molecule has 260 valence electrons. The lowest BCUT2D eigenvalue weighted by Gasteiger charge is -2.13. The molecule has 0 bridgehead atoms. The number of aromatic nitrogens is 3. The quantitative estimate of drug-likeness (QED) is 0.170. The third-order valence-electron chi connectivity index (χ3n) is 11.1. The first kappa shape index (κ1) is 30.8. The molecule has 12 aromatic rings. The normalized spacial score (nSPS) is 11.9. The fourth-order valence-corrected chi connectivity index (χ4v) is 8.49. The molecular formula is C51H29N3O2. The molecule has 0 atom stereocenters. The van der Waals surface area contributed by atoms with Crippen molar-refractivity contribution in [2.24, 2.45) is 0 Å². The maximum Gasteiger partial charge on any atom is 0.164 e. The van der Waals surface area contributed by atoms with Gasteiger partial charge in [-0.15, -0.1) is 0 Å². The van der Waals surface area contributed by atoms with E-state index >= 15 is 0 Å². The van der Waals surface area contributed by atoms with Gasteiger partial charge in [-0.05, 0) is 80.5 Å². The van der Waals surface area contributed by atoms with Crippen molar-refractivity contribution in [3.8, 4) is 45.3 Å². The lowest BCUT2D eigenvalue weighted by atomic mass is 9.93. The number of para-hydroxylation sites is 1. The summed E-state index contributed by atoms with van der Waals surface area (Å²) in [6.45, 7) is 0. The van der Waals surface area contributed by atoms with Gasteiger partial charge in [0.15, 0.2) is 17.5 Å². The largest absolute Gasteiger partial charge is 0.456 e. The van der Waals surface area contributed by atoms with Crippen LogP contribution in [0.15, 0.2) is 185 Å². The van der Waals surface area contributed by atoms with E-state index in [9.17, 15) is 0 Å². The van der Waals surface area contributed by atoms with Crippen LogP contribution in [0.3, 0.4) is 0 Å². The van der Waals surface area contributed by atoms with Crippen molar-refractivity contribution in [2.45, 2.75) is 0 Å². The summed E-state index contributed by atoms with van der Waals surface area (Å²) < 4.78 is 12.6. The summed E-state index contributed by atoms with van der Waals surface area (Å²) in [7, 11) is 0. The molecule has 0 aliphatic carbocycles. The number of fused-ring (bicyclic) bond motifs is 11. The highest BCUT2D eigenvalue weighted by molar-refractivity contribution is 6.27. The van der Waals surface area contributed by atoms with Crippen LogP contribution in [0.25, 0.3) is 121 Å². The van der Waals surface area contributed by atoms with Crippen LogP contribution in [0.2, 0.25) is 0 Å². The van der Waals surface area contributed by atoms with E-state index in [-0.39, 0.29) is 0 Å². The van der Waals surface area contributed by atoms with Crippen molar-refractivity contribution < 1.29 is 8.83 Å². The van der Waals surface area contributed by atoms with Crippen LogP contribution in [0.1, 0.15) is 0 Å². The minimum Gasteiger partial charge on any atom is -0.456 e. The Kier molecular flexibility index (Phi) is 6.56. The summed E-state index contributed by atoms with van der Waals surface area (Å²) in [5.74, 6) is 1.84. The second-order valence-corrected chi connectivity index (χ2v) is 14.3. The molecule has 0 spiro atoms. The lowest BCUT2D eigenvalue weighted by Crippen LogP contribution is -2.00. The molecule has 56 heavy (non-hydrogen) atoms. The van der Waals surface area contributed by atoms with Gasteiger partial charge in [-0.25, -0.2) is 15.0 Å². The molecule has 0 radical (unpaired) electrons. The topological polar surface area (TPSA) is 65.0 Å². The summed E-state index contributed by atoms with van der Waals surface area (Å²) in [6, 6.07) is 61.1. The Bertz CT molecular complexity index is 3550. The molecule has 12 rings (SSSR count). The van der Waals surface area contributed by atoms with Gasteiger partial charge in [-0.3, -0.25) is 0 Å². The van der Waals surface area contributed by atoms with Crippen LogP contribution in [0, 0.1) is 0 Å². The van der Waals surface area contributed by atoms with E-state index in [2.05, 4.69) is 115 Å². The monoisotopic (exact) mass is 715 g/mol. The summed E-state index contributed by atoms with van der Waals surface area (Å²) in [5, 5.41) is 11.4. The van der Waals surface area contributed by atoms with E-state index in [0.717, 1.165) is 82.5 Å². The highest BCUT2D eigenvalue weighted by Crippen LogP contribution is 2.42. The average Bonchev–Trinajstić information content (AvgIpc) is 3.84. The number of benzene rings is 9. The Morgan fingerprint density at radius 1 is 0.286 bits per heavy atom. The zero-order chi connectivity index (χ0) is 36.7. The summed E-state index contributed by atoms with van der Waals surface area (Å²) in [6.07, 6.45) is 0. The van der Waals surface area contributed by atoms with Gasteiger partial charge in [-0.2, -0.15) is 0 Å². The van der Waals surface area contributed by atoms with E-state index in [0.29, 0.717) is 17.5 Å². The third-order valence-corrected chi connectivity index (χ3v) is 11.1. The van der Waals surface area contributed by atoms with Crippen LogP contribution in [0.5, 0.6) is 0 Å². The van der Waals surface area contributed by atoms with Gasteiger partial charge >= 0.3 is 0 Å². The zero-order valence-corrected chi connectivity index (χ0v) is 29.9. The molecule has 9 aromatic carbocycles. The number of rotatable bonds is 4. The molecule has 0 aliphatic rings. The van der Waals surface area contributed by atoms with Gasteiger partial charge in [-0.1, -0.05) is 133 Å². The van der Waals surface area contributed by atoms with E-state index < -0.39 is 0 Å². The second-order valence-electron chi connectivity index (χ2n) is 14.3. The van der Waals surface area contributed by atoms with Gasteiger partial charge < -0.3 is 8.83 Å². The molecule has 0 unspecified atom stereocenters. The van der Waals surface area contributed by atoms with Crippen molar-refractivity contribution in [3.05, 3.63) is 176 Å². The Balaban J connectivity index is 1.05. The molecule has 3 heterocycles. The summed E-state index contributed by atoms with van der Waals surface area (Å²) >= 11 is 0. The summed E-state index contributed by atoms with van der Waals surface area (Å²) in [5.41, 5.74) is 8.45. The highest BCUT2D eigenvalue weighted by Gasteiger charge is 2.18. The molecular weight excluding hydrogens is 687 g/mol. The number of hydrogen-bond acceptors (Lipinski definition) is 5. The lowest BCUT2D eigenvalue weighted by molar-refractivity contribution is 0.668. The smallest absolute Gasteiger partial charge is 0.164 e. The minimum atomic E-state index is 0.603. The van der Waals surface area contributed by atoms with E-state index in [1.54, 1.807) is 0 Å². The van der Waals surface area contributed by atoms with Gasteiger partial charge in [0.05, 0.1) is 0 Å². The second kappa shape index (κ2) is 11.9. The highest BCUT2D eigenvalue weighted by atomic mass is 16.3. The predicted octanol–water partition coefficient (Wildman–Crippen LogP) is 13.8. The molecule has 0 amide bonds.